The predicted octanol–water partition coefficient (Wildman–Crippen LogP) is 5.15. The summed E-state index contributed by atoms with van der Waals surface area (Å²) in [6.45, 7) is 4.14. The third-order valence-corrected chi connectivity index (χ3v) is 3.81. The van der Waals surface area contributed by atoms with Gasteiger partial charge in [0.15, 0.2) is 2.14 Å². The second-order valence-corrected chi connectivity index (χ2v) is 10.5. The van der Waals surface area contributed by atoms with E-state index in [-0.39, 0.29) is 0 Å². The van der Waals surface area contributed by atoms with Crippen LogP contribution in [0.3, 0.4) is 0 Å². The van der Waals surface area contributed by atoms with Gasteiger partial charge < -0.3 is 0 Å². The number of aromatic nitrogens is 1. The molecule has 2 aromatic rings. The smallest absolute Gasteiger partial charge is 0.161 e. The van der Waals surface area contributed by atoms with Gasteiger partial charge in [0, 0.05) is 16.6 Å². The quantitative estimate of drug-likeness (QED) is 0.550. The molecule has 1 aromatic carbocycles. The lowest BCUT2D eigenvalue weighted by atomic mass is 10.0. The molecule has 0 aliphatic carbocycles. The Bertz CT molecular complexity index is 544. The fraction of sp³-hybridized carbons (Fsp3) is 0.250. The number of pyridine rings is 1. The molecule has 0 radical (unpaired) electrons. The minimum Gasteiger partial charge on any atom is -0.253 e. The summed E-state index contributed by atoms with van der Waals surface area (Å²) in [6.07, 6.45) is 0. The first-order chi connectivity index (χ1) is 7.41. The first-order valence-corrected chi connectivity index (χ1v) is 7.22. The maximum absolute atomic E-state index is 4.61. The van der Waals surface area contributed by atoms with E-state index in [2.05, 4.69) is 65.8 Å². The normalized spacial score (nSPS) is 12.1. The van der Waals surface area contributed by atoms with Crippen molar-refractivity contribution >= 4 is 58.7 Å². The van der Waals surface area contributed by atoms with Crippen LogP contribution >= 0.6 is 47.8 Å². The lowest BCUT2D eigenvalue weighted by Gasteiger charge is -2.19. The number of hydrogen-bond donors (Lipinski definition) is 0. The molecule has 0 spiro atoms. The van der Waals surface area contributed by atoms with E-state index in [1.54, 1.807) is 0 Å². The zero-order chi connectivity index (χ0) is 11.9. The summed E-state index contributed by atoms with van der Waals surface area (Å²) < 4.78 is -0.405. The molecule has 84 valence electrons. The SMILES string of the molecule is Cc1nc2ccccc2c(C)c1C(Br)(Br)Br. The molecule has 0 fully saturated rings. The Balaban J connectivity index is 2.86. The lowest BCUT2D eigenvalue weighted by Crippen LogP contribution is -2.06. The van der Waals surface area contributed by atoms with Crippen molar-refractivity contribution in [2.24, 2.45) is 0 Å². The van der Waals surface area contributed by atoms with E-state index < -0.39 is 2.14 Å². The van der Waals surface area contributed by atoms with E-state index in [1.165, 1.54) is 10.9 Å². The van der Waals surface area contributed by atoms with E-state index in [0.717, 1.165) is 16.8 Å². The van der Waals surface area contributed by atoms with Crippen molar-refractivity contribution < 1.29 is 0 Å². The van der Waals surface area contributed by atoms with Gasteiger partial charge in [-0.2, -0.15) is 0 Å². The third-order valence-electron chi connectivity index (χ3n) is 2.62. The fourth-order valence-electron chi connectivity index (χ4n) is 1.95. The molecule has 0 N–H and O–H groups in total. The molecule has 0 saturated heterocycles. The van der Waals surface area contributed by atoms with E-state index >= 15 is 0 Å². The van der Waals surface area contributed by atoms with Gasteiger partial charge in [-0.3, -0.25) is 4.98 Å². The number of halogens is 3. The van der Waals surface area contributed by atoms with E-state index in [4.69, 9.17) is 0 Å². The molecule has 0 saturated carbocycles. The number of nitrogens with zero attached hydrogens (tertiary/aromatic N) is 1. The second kappa shape index (κ2) is 4.39. The van der Waals surface area contributed by atoms with Gasteiger partial charge in [-0.1, -0.05) is 66.0 Å². The topological polar surface area (TPSA) is 12.9 Å². The van der Waals surface area contributed by atoms with Crippen molar-refractivity contribution in [3.8, 4) is 0 Å². The van der Waals surface area contributed by atoms with Gasteiger partial charge in [0.1, 0.15) is 0 Å². The van der Waals surface area contributed by atoms with Crippen LogP contribution in [0.5, 0.6) is 0 Å². The van der Waals surface area contributed by atoms with Gasteiger partial charge in [0.2, 0.25) is 0 Å². The largest absolute Gasteiger partial charge is 0.253 e. The first kappa shape index (κ1) is 12.5. The summed E-state index contributed by atoms with van der Waals surface area (Å²) in [7, 11) is 0. The number of fused-ring (bicyclic) bond motifs is 1. The molecule has 1 aromatic heterocycles. The number of benzene rings is 1. The average Bonchev–Trinajstić information content (AvgIpc) is 2.15. The van der Waals surface area contributed by atoms with Crippen LogP contribution in [0.15, 0.2) is 24.3 Å². The Hall–Kier alpha value is 0.0700. The van der Waals surface area contributed by atoms with E-state index in [9.17, 15) is 0 Å². The second-order valence-electron chi connectivity index (χ2n) is 3.71. The molecular weight excluding hydrogens is 398 g/mol. The minimum absolute atomic E-state index is 0.405. The van der Waals surface area contributed by atoms with Crippen LogP contribution in [-0.2, 0) is 2.14 Å². The molecule has 0 aliphatic heterocycles. The Morgan fingerprint density at radius 2 is 1.69 bits per heavy atom. The van der Waals surface area contributed by atoms with Crippen LogP contribution < -0.4 is 0 Å². The van der Waals surface area contributed by atoms with Gasteiger partial charge in [0.05, 0.1) is 5.52 Å². The zero-order valence-electron chi connectivity index (χ0n) is 8.89. The van der Waals surface area contributed by atoms with E-state index in [1.807, 2.05) is 25.1 Å². The predicted molar refractivity (Wildman–Crippen MR) is 79.7 cm³/mol. The molecule has 2 rings (SSSR count). The number of para-hydroxylation sites is 1. The van der Waals surface area contributed by atoms with Crippen molar-refractivity contribution in [2.45, 2.75) is 16.0 Å². The third kappa shape index (κ3) is 2.20. The Morgan fingerprint density at radius 1 is 1.06 bits per heavy atom. The summed E-state index contributed by atoms with van der Waals surface area (Å²) >= 11 is 10.7. The monoisotopic (exact) mass is 405 g/mol. The molecule has 1 heterocycles. The van der Waals surface area contributed by atoms with Gasteiger partial charge in [-0.15, -0.1) is 0 Å². The lowest BCUT2D eigenvalue weighted by molar-refractivity contribution is 1.14. The van der Waals surface area contributed by atoms with Crippen molar-refractivity contribution in [1.29, 1.82) is 0 Å². The standard InChI is InChI=1S/C12H10Br3N/c1-7-9-5-3-4-6-10(9)16-8(2)11(7)12(13,14)15/h3-6H,1-2H3. The van der Waals surface area contributed by atoms with Crippen LogP contribution in [0.1, 0.15) is 16.8 Å². The van der Waals surface area contributed by atoms with Gasteiger partial charge >= 0.3 is 0 Å². The Labute approximate surface area is 120 Å². The van der Waals surface area contributed by atoms with E-state index in [0.29, 0.717) is 0 Å². The van der Waals surface area contributed by atoms with Crippen LogP contribution in [0, 0.1) is 13.8 Å². The number of hydrogen-bond acceptors (Lipinski definition) is 1. The highest BCUT2D eigenvalue weighted by Gasteiger charge is 2.26. The zero-order valence-corrected chi connectivity index (χ0v) is 13.6. The molecule has 0 aliphatic rings. The van der Waals surface area contributed by atoms with Gasteiger partial charge in [-0.25, -0.2) is 0 Å². The molecule has 1 nitrogen and oxygen atoms in total. The van der Waals surface area contributed by atoms with Crippen LogP contribution in [0.2, 0.25) is 0 Å². The maximum atomic E-state index is 4.61. The molecule has 16 heavy (non-hydrogen) atoms. The summed E-state index contributed by atoms with van der Waals surface area (Å²) in [6, 6.07) is 8.18. The average molecular weight is 408 g/mol. The minimum atomic E-state index is -0.405. The molecule has 0 amide bonds. The number of rotatable bonds is 0. The van der Waals surface area contributed by atoms with Crippen LogP contribution in [-0.4, -0.2) is 4.98 Å². The maximum Gasteiger partial charge on any atom is 0.161 e. The van der Waals surface area contributed by atoms with Crippen molar-refractivity contribution in [1.82, 2.24) is 4.98 Å². The van der Waals surface area contributed by atoms with Crippen LogP contribution in [0.4, 0.5) is 0 Å². The number of alkyl halides is 3. The molecule has 4 heteroatoms. The van der Waals surface area contributed by atoms with Crippen LogP contribution in [0.25, 0.3) is 10.9 Å². The highest BCUT2D eigenvalue weighted by molar-refractivity contribution is 9.38. The van der Waals surface area contributed by atoms with Crippen molar-refractivity contribution in [3.63, 3.8) is 0 Å². The summed E-state index contributed by atoms with van der Waals surface area (Å²) in [5, 5.41) is 1.19. The summed E-state index contributed by atoms with van der Waals surface area (Å²) in [4.78, 5) is 4.61. The molecular formula is C12H10Br3N. The Kier molecular flexibility index (Phi) is 3.44. The molecule has 0 bridgehead atoms. The number of aryl methyl sites for hydroxylation is 2. The molecule has 0 unspecified atom stereocenters. The van der Waals surface area contributed by atoms with Crippen molar-refractivity contribution in [2.75, 3.05) is 0 Å². The first-order valence-electron chi connectivity index (χ1n) is 4.84. The summed E-state index contributed by atoms with van der Waals surface area (Å²) in [5.74, 6) is 0. The van der Waals surface area contributed by atoms with Crippen molar-refractivity contribution in [3.05, 3.63) is 41.1 Å². The summed E-state index contributed by atoms with van der Waals surface area (Å²) in [5.41, 5.74) is 4.42. The highest BCUT2D eigenvalue weighted by Crippen LogP contribution is 2.47. The fourth-order valence-corrected chi connectivity index (χ4v) is 3.70. The van der Waals surface area contributed by atoms with Gasteiger partial charge in [-0.05, 0) is 25.5 Å². The highest BCUT2D eigenvalue weighted by atomic mass is 80.0. The Morgan fingerprint density at radius 3 is 2.31 bits per heavy atom. The molecule has 0 atom stereocenters. The van der Waals surface area contributed by atoms with Gasteiger partial charge in [0.25, 0.3) is 0 Å².